The van der Waals surface area contributed by atoms with E-state index in [1.165, 1.54) is 18.6 Å². The van der Waals surface area contributed by atoms with Crippen LogP contribution in [-0.4, -0.2) is 24.0 Å². The molecule has 3 atom stereocenters. The summed E-state index contributed by atoms with van der Waals surface area (Å²) in [7, 11) is 0. The Labute approximate surface area is 144 Å². The number of carbonyl (C=O) groups is 2. The van der Waals surface area contributed by atoms with Gasteiger partial charge in [0.05, 0.1) is 0 Å². The molecule has 0 unspecified atom stereocenters. The number of hydrogen-bond acceptors (Lipinski definition) is 4. The van der Waals surface area contributed by atoms with Gasteiger partial charge in [-0.25, -0.2) is 4.79 Å². The summed E-state index contributed by atoms with van der Waals surface area (Å²) in [6.45, 7) is 3.73. The molecule has 5 nitrogen and oxygen atoms in total. The molecule has 0 bridgehead atoms. The number of amides is 1. The van der Waals surface area contributed by atoms with Crippen LogP contribution in [0.1, 0.15) is 45.3 Å². The van der Waals surface area contributed by atoms with Gasteiger partial charge in [0.1, 0.15) is 5.76 Å². The Morgan fingerprint density at radius 3 is 2.78 bits per heavy atom. The van der Waals surface area contributed by atoms with E-state index in [-0.39, 0.29) is 11.9 Å². The van der Waals surface area contributed by atoms with Gasteiger partial charge in [0.15, 0.2) is 10.8 Å². The van der Waals surface area contributed by atoms with Gasteiger partial charge in [0, 0.05) is 12.1 Å². The normalized spacial score (nSPS) is 22.7. The summed E-state index contributed by atoms with van der Waals surface area (Å²) in [5, 5.41) is 2.99. The maximum Gasteiger partial charge on any atom is 0.331 e. The van der Waals surface area contributed by atoms with E-state index in [4.69, 9.17) is 9.15 Å². The number of ether oxygens (including phenoxy) is 1. The van der Waals surface area contributed by atoms with Crippen molar-refractivity contribution in [3.05, 3.63) is 28.6 Å². The maximum absolute atomic E-state index is 12.1. The van der Waals surface area contributed by atoms with Crippen LogP contribution in [0.15, 0.2) is 27.3 Å². The highest BCUT2D eigenvalue weighted by Crippen LogP contribution is 2.23. The predicted octanol–water partition coefficient (Wildman–Crippen LogP) is 3.68. The van der Waals surface area contributed by atoms with Gasteiger partial charge >= 0.3 is 5.97 Å². The first-order valence-electron chi connectivity index (χ1n) is 7.90. The monoisotopic (exact) mass is 383 g/mol. The van der Waals surface area contributed by atoms with Crippen LogP contribution in [0.25, 0.3) is 6.08 Å². The average molecular weight is 384 g/mol. The van der Waals surface area contributed by atoms with Crippen LogP contribution >= 0.6 is 15.9 Å². The topological polar surface area (TPSA) is 68.5 Å². The first-order chi connectivity index (χ1) is 11.0. The zero-order chi connectivity index (χ0) is 16.8. The molecule has 1 aromatic rings. The summed E-state index contributed by atoms with van der Waals surface area (Å²) in [4.78, 5) is 23.9. The van der Waals surface area contributed by atoms with E-state index in [2.05, 4.69) is 28.2 Å². The Morgan fingerprint density at radius 1 is 1.39 bits per heavy atom. The lowest BCUT2D eigenvalue weighted by Crippen LogP contribution is -2.45. The Kier molecular flexibility index (Phi) is 6.45. The van der Waals surface area contributed by atoms with E-state index in [1.54, 1.807) is 19.1 Å². The van der Waals surface area contributed by atoms with Crippen LogP contribution in [-0.2, 0) is 14.3 Å². The van der Waals surface area contributed by atoms with Crippen molar-refractivity contribution in [2.45, 2.75) is 51.7 Å². The molecule has 1 heterocycles. The van der Waals surface area contributed by atoms with Crippen molar-refractivity contribution in [3.8, 4) is 0 Å². The molecule has 0 radical (unpaired) electrons. The minimum absolute atomic E-state index is 0.174. The molecule has 1 saturated carbocycles. The summed E-state index contributed by atoms with van der Waals surface area (Å²) in [6, 6.07) is 3.62. The van der Waals surface area contributed by atoms with Crippen LogP contribution < -0.4 is 5.32 Å². The number of nitrogens with one attached hydrogen (secondary N) is 1. The number of esters is 1. The van der Waals surface area contributed by atoms with Gasteiger partial charge in [-0.1, -0.05) is 19.8 Å². The zero-order valence-electron chi connectivity index (χ0n) is 13.4. The second-order valence-electron chi connectivity index (χ2n) is 5.93. The van der Waals surface area contributed by atoms with Crippen molar-refractivity contribution >= 4 is 33.9 Å². The summed E-state index contributed by atoms with van der Waals surface area (Å²) in [5.41, 5.74) is 0. The maximum atomic E-state index is 12.1. The highest BCUT2D eigenvalue weighted by molar-refractivity contribution is 9.10. The van der Waals surface area contributed by atoms with Gasteiger partial charge in [-0.2, -0.15) is 0 Å². The third kappa shape index (κ3) is 5.53. The van der Waals surface area contributed by atoms with Crippen molar-refractivity contribution in [1.29, 1.82) is 0 Å². The molecule has 126 valence electrons. The van der Waals surface area contributed by atoms with E-state index >= 15 is 0 Å². The van der Waals surface area contributed by atoms with Gasteiger partial charge in [-0.3, -0.25) is 4.79 Å². The number of carbonyl (C=O) groups excluding carboxylic acids is 2. The quantitative estimate of drug-likeness (QED) is 0.621. The first-order valence-corrected chi connectivity index (χ1v) is 8.69. The molecule has 23 heavy (non-hydrogen) atoms. The minimum Gasteiger partial charge on any atom is -0.450 e. The van der Waals surface area contributed by atoms with E-state index in [9.17, 15) is 9.59 Å². The molecule has 1 aliphatic rings. The Balaban J connectivity index is 1.80. The van der Waals surface area contributed by atoms with Crippen molar-refractivity contribution in [3.63, 3.8) is 0 Å². The SMILES string of the molecule is C[C@@H](OC(=O)/C=C/c1ccc(Br)o1)C(=O)N[C@@H]1CCCC[C@@H]1C. The highest BCUT2D eigenvalue weighted by Gasteiger charge is 2.25. The molecule has 0 spiro atoms. The molecule has 2 rings (SSSR count). The molecule has 1 N–H and O–H groups in total. The fourth-order valence-corrected chi connectivity index (χ4v) is 2.98. The van der Waals surface area contributed by atoms with Crippen LogP contribution in [0.3, 0.4) is 0 Å². The summed E-state index contributed by atoms with van der Waals surface area (Å²) >= 11 is 3.18. The largest absolute Gasteiger partial charge is 0.450 e. The lowest BCUT2D eigenvalue weighted by Gasteiger charge is -2.30. The van der Waals surface area contributed by atoms with Crippen LogP contribution in [0.2, 0.25) is 0 Å². The molecular weight excluding hydrogens is 362 g/mol. The number of furan rings is 1. The second-order valence-corrected chi connectivity index (χ2v) is 6.71. The van der Waals surface area contributed by atoms with E-state index in [0.29, 0.717) is 16.3 Å². The molecule has 1 fully saturated rings. The van der Waals surface area contributed by atoms with Crippen LogP contribution in [0, 0.1) is 5.92 Å². The Bertz CT molecular complexity index is 581. The minimum atomic E-state index is -0.815. The van der Waals surface area contributed by atoms with Crippen LogP contribution in [0.5, 0.6) is 0 Å². The first kappa shape index (κ1) is 17.8. The summed E-state index contributed by atoms with van der Waals surface area (Å²) in [5.74, 6) is 0.179. The van der Waals surface area contributed by atoms with Crippen molar-refractivity contribution in [2.75, 3.05) is 0 Å². The molecule has 1 amide bonds. The zero-order valence-corrected chi connectivity index (χ0v) is 15.0. The predicted molar refractivity (Wildman–Crippen MR) is 90.6 cm³/mol. The van der Waals surface area contributed by atoms with E-state index in [1.807, 2.05) is 0 Å². The third-order valence-corrected chi connectivity index (χ3v) is 4.51. The van der Waals surface area contributed by atoms with Crippen LogP contribution in [0.4, 0.5) is 0 Å². The molecule has 0 saturated heterocycles. The molecule has 0 aromatic carbocycles. The fourth-order valence-electron chi connectivity index (χ4n) is 2.67. The van der Waals surface area contributed by atoms with E-state index < -0.39 is 12.1 Å². The standard InChI is InChI=1S/C17H22BrNO4/c1-11-5-3-4-6-14(11)19-17(21)12(2)22-16(20)10-8-13-7-9-15(18)23-13/h7-12,14H,3-6H2,1-2H3,(H,19,21)/b10-8+/t11-,12+,14+/m0/s1. The molecule has 0 aliphatic heterocycles. The molecule has 6 heteroatoms. The Morgan fingerprint density at radius 2 is 2.13 bits per heavy atom. The van der Waals surface area contributed by atoms with Crippen molar-refractivity contribution < 1.29 is 18.7 Å². The molecular formula is C17H22BrNO4. The molecule has 1 aliphatic carbocycles. The molecule has 1 aromatic heterocycles. The summed E-state index contributed by atoms with van der Waals surface area (Å²) in [6.07, 6.45) is 6.39. The van der Waals surface area contributed by atoms with E-state index in [0.717, 1.165) is 19.3 Å². The number of hydrogen-bond donors (Lipinski definition) is 1. The van der Waals surface area contributed by atoms with Crippen molar-refractivity contribution in [2.24, 2.45) is 5.92 Å². The van der Waals surface area contributed by atoms with Gasteiger partial charge in [0.2, 0.25) is 0 Å². The fraction of sp³-hybridized carbons (Fsp3) is 0.529. The summed E-state index contributed by atoms with van der Waals surface area (Å²) < 4.78 is 11.0. The van der Waals surface area contributed by atoms with Gasteiger partial charge in [0.25, 0.3) is 5.91 Å². The average Bonchev–Trinajstić information content (AvgIpc) is 2.93. The second kappa shape index (κ2) is 8.34. The van der Waals surface area contributed by atoms with Crippen molar-refractivity contribution in [1.82, 2.24) is 5.32 Å². The lowest BCUT2D eigenvalue weighted by atomic mass is 9.86. The number of rotatable bonds is 5. The Hall–Kier alpha value is -1.56. The smallest absolute Gasteiger partial charge is 0.331 e. The van der Waals surface area contributed by atoms with Gasteiger partial charge in [-0.05, 0) is 59.8 Å². The third-order valence-electron chi connectivity index (χ3n) is 4.08. The van der Waals surface area contributed by atoms with Gasteiger partial charge in [-0.15, -0.1) is 0 Å². The van der Waals surface area contributed by atoms with Gasteiger partial charge < -0.3 is 14.5 Å². The lowest BCUT2D eigenvalue weighted by molar-refractivity contribution is -0.150. The highest BCUT2D eigenvalue weighted by atomic mass is 79.9. The number of halogens is 1.